The van der Waals surface area contributed by atoms with Crippen LogP contribution in [0.2, 0.25) is 0 Å². The van der Waals surface area contributed by atoms with E-state index in [-0.39, 0.29) is 18.5 Å². The number of rotatable bonds is 69. The van der Waals surface area contributed by atoms with Gasteiger partial charge in [-0.05, 0) is 64.2 Å². The normalized spacial score (nSPS) is 12.7. The lowest BCUT2D eigenvalue weighted by Gasteiger charge is -2.20. The predicted molar refractivity (Wildman–Crippen MR) is 356 cm³/mol. The van der Waals surface area contributed by atoms with Crippen LogP contribution in [0.5, 0.6) is 0 Å². The second-order valence-electron chi connectivity index (χ2n) is 25.3. The highest BCUT2D eigenvalue weighted by molar-refractivity contribution is 5.76. The number of carbonyl (C=O) groups excluding carboxylic acids is 2. The van der Waals surface area contributed by atoms with Crippen molar-refractivity contribution in [3.05, 3.63) is 36.5 Å². The highest BCUT2D eigenvalue weighted by Crippen LogP contribution is 2.19. The number of aliphatic hydroxyl groups is 2. The van der Waals surface area contributed by atoms with Crippen molar-refractivity contribution >= 4 is 11.9 Å². The van der Waals surface area contributed by atoms with Crippen LogP contribution in [0, 0.1) is 0 Å². The van der Waals surface area contributed by atoms with Crippen molar-refractivity contribution in [2.75, 3.05) is 13.2 Å². The standard InChI is InChI=1S/C75H143NO5/c1-3-5-7-9-11-13-15-16-17-18-38-41-44-48-51-55-59-63-67-73(78)72(71-77)76-74(79)68-64-60-56-52-49-45-42-39-36-34-32-30-28-26-24-22-20-19-21-23-25-27-29-31-33-35-37-40-43-46-50-54-58-62-66-70-81-75(80)69-65-61-57-53-47-14-12-10-8-6-4-2/h21,23,27,29,63,67,72-73,77-78H,3-20,22,24-26,28,30-62,64-66,68-71H2,1-2H3,(H,76,79)/b23-21-,29-27-,67-63+. The third kappa shape index (κ3) is 67.1. The summed E-state index contributed by atoms with van der Waals surface area (Å²) in [5.74, 6) is -0.0457. The summed E-state index contributed by atoms with van der Waals surface area (Å²) in [6.45, 7) is 4.93. The SMILES string of the molecule is CCCCCCCCCCCCCCCCCC/C=C/C(O)C(CO)NC(=O)CCCCCCCCCCCCCCCCCCC/C=C\C/C=C\CCCCCCCCCCCCCOC(=O)CCCCCCCCCCCCC. The number of esters is 1. The Morgan fingerprint density at radius 2 is 0.617 bits per heavy atom. The van der Waals surface area contributed by atoms with Gasteiger partial charge < -0.3 is 20.3 Å². The number of unbranched alkanes of at least 4 members (excludes halogenated alkanes) is 54. The zero-order valence-electron chi connectivity index (χ0n) is 54.8. The number of hydrogen-bond donors (Lipinski definition) is 3. The van der Waals surface area contributed by atoms with Gasteiger partial charge in [0.05, 0.1) is 25.4 Å². The van der Waals surface area contributed by atoms with Gasteiger partial charge in [0, 0.05) is 12.8 Å². The highest BCUT2D eigenvalue weighted by Gasteiger charge is 2.18. The minimum Gasteiger partial charge on any atom is -0.466 e. The zero-order valence-corrected chi connectivity index (χ0v) is 54.8. The number of allylic oxidation sites excluding steroid dienone is 5. The maximum atomic E-state index is 12.5. The summed E-state index contributed by atoms with van der Waals surface area (Å²) >= 11 is 0. The number of carbonyl (C=O) groups is 2. The monoisotopic (exact) mass is 1140 g/mol. The maximum Gasteiger partial charge on any atom is 0.305 e. The first-order valence-corrected chi connectivity index (χ1v) is 36.8. The topological polar surface area (TPSA) is 95.9 Å². The largest absolute Gasteiger partial charge is 0.466 e. The fourth-order valence-electron chi connectivity index (χ4n) is 11.6. The maximum absolute atomic E-state index is 12.5. The molecule has 6 nitrogen and oxygen atoms in total. The van der Waals surface area contributed by atoms with Crippen LogP contribution in [-0.2, 0) is 14.3 Å². The molecule has 0 aromatic heterocycles. The Bertz CT molecular complexity index is 1310. The molecule has 0 aliphatic carbocycles. The van der Waals surface area contributed by atoms with Gasteiger partial charge in [0.15, 0.2) is 0 Å². The van der Waals surface area contributed by atoms with E-state index in [2.05, 4.69) is 43.5 Å². The van der Waals surface area contributed by atoms with Crippen molar-refractivity contribution in [2.24, 2.45) is 0 Å². The molecular weight excluding hydrogens is 995 g/mol. The molecule has 6 heteroatoms. The van der Waals surface area contributed by atoms with Crippen LogP contribution in [0.15, 0.2) is 36.5 Å². The van der Waals surface area contributed by atoms with Gasteiger partial charge in [0.25, 0.3) is 0 Å². The smallest absolute Gasteiger partial charge is 0.305 e. The Morgan fingerprint density at radius 1 is 0.346 bits per heavy atom. The van der Waals surface area contributed by atoms with E-state index >= 15 is 0 Å². The third-order valence-corrected chi connectivity index (χ3v) is 17.2. The fourth-order valence-corrected chi connectivity index (χ4v) is 11.6. The quantitative estimate of drug-likeness (QED) is 0.0320. The number of ether oxygens (including phenoxy) is 1. The lowest BCUT2D eigenvalue weighted by atomic mass is 10.0. The Morgan fingerprint density at radius 3 is 0.938 bits per heavy atom. The molecule has 1 amide bonds. The Kier molecular flexibility index (Phi) is 68.9. The second-order valence-corrected chi connectivity index (χ2v) is 25.3. The molecule has 478 valence electrons. The van der Waals surface area contributed by atoms with Gasteiger partial charge in [-0.3, -0.25) is 9.59 Å². The molecule has 2 unspecified atom stereocenters. The van der Waals surface area contributed by atoms with Gasteiger partial charge in [-0.15, -0.1) is 0 Å². The van der Waals surface area contributed by atoms with Crippen LogP contribution in [0.1, 0.15) is 406 Å². The Labute approximate surface area is 506 Å². The van der Waals surface area contributed by atoms with Crippen molar-refractivity contribution in [1.82, 2.24) is 5.32 Å². The molecule has 0 aliphatic heterocycles. The summed E-state index contributed by atoms with van der Waals surface area (Å²) < 4.78 is 5.47. The number of hydrogen-bond acceptors (Lipinski definition) is 5. The third-order valence-electron chi connectivity index (χ3n) is 17.2. The molecule has 0 spiro atoms. The molecule has 81 heavy (non-hydrogen) atoms. The van der Waals surface area contributed by atoms with Crippen molar-refractivity contribution in [1.29, 1.82) is 0 Å². The molecule has 0 radical (unpaired) electrons. The lowest BCUT2D eigenvalue weighted by molar-refractivity contribution is -0.143. The molecule has 0 saturated heterocycles. The van der Waals surface area contributed by atoms with Crippen LogP contribution in [0.4, 0.5) is 0 Å². The molecule has 2 atom stereocenters. The summed E-state index contributed by atoms with van der Waals surface area (Å²) in [6, 6.07) is -0.627. The van der Waals surface area contributed by atoms with Crippen LogP contribution in [0.25, 0.3) is 0 Å². The van der Waals surface area contributed by atoms with E-state index in [0.29, 0.717) is 19.4 Å². The van der Waals surface area contributed by atoms with E-state index in [1.54, 1.807) is 6.08 Å². The van der Waals surface area contributed by atoms with E-state index in [1.807, 2.05) is 6.08 Å². The summed E-state index contributed by atoms with van der Waals surface area (Å²) in [5.41, 5.74) is 0. The first-order chi connectivity index (χ1) is 40.0. The molecular formula is C75H143NO5. The van der Waals surface area contributed by atoms with Gasteiger partial charge in [-0.1, -0.05) is 365 Å². The lowest BCUT2D eigenvalue weighted by Crippen LogP contribution is -2.45. The average Bonchev–Trinajstić information content (AvgIpc) is 3.47. The summed E-state index contributed by atoms with van der Waals surface area (Å²) in [4.78, 5) is 24.5. The van der Waals surface area contributed by atoms with Crippen LogP contribution < -0.4 is 5.32 Å². The minimum atomic E-state index is -0.843. The van der Waals surface area contributed by atoms with Crippen LogP contribution in [0.3, 0.4) is 0 Å². The first-order valence-electron chi connectivity index (χ1n) is 36.8. The van der Waals surface area contributed by atoms with Gasteiger partial charge in [-0.25, -0.2) is 0 Å². The van der Waals surface area contributed by atoms with Crippen molar-refractivity contribution in [3.63, 3.8) is 0 Å². The summed E-state index contributed by atoms with van der Waals surface area (Å²) in [7, 11) is 0. The molecule has 0 heterocycles. The Hall–Kier alpha value is -1.92. The second kappa shape index (κ2) is 70.6. The predicted octanol–water partition coefficient (Wildman–Crippen LogP) is 23.9. The first kappa shape index (κ1) is 79.1. The molecule has 3 N–H and O–H groups in total. The van der Waals surface area contributed by atoms with Crippen LogP contribution >= 0.6 is 0 Å². The minimum absolute atomic E-state index is 0.0166. The molecule has 0 saturated carbocycles. The molecule has 0 rings (SSSR count). The molecule has 0 bridgehead atoms. The fraction of sp³-hybridized carbons (Fsp3) is 0.893. The molecule has 0 fully saturated rings. The van der Waals surface area contributed by atoms with E-state index < -0.39 is 12.1 Å². The van der Waals surface area contributed by atoms with E-state index in [4.69, 9.17) is 4.74 Å². The zero-order chi connectivity index (χ0) is 58.5. The van der Waals surface area contributed by atoms with Crippen molar-refractivity contribution < 1.29 is 24.5 Å². The summed E-state index contributed by atoms with van der Waals surface area (Å²) in [6.07, 6.45) is 91.0. The number of nitrogens with one attached hydrogen (secondary N) is 1. The van der Waals surface area contributed by atoms with E-state index in [0.717, 1.165) is 44.9 Å². The molecule has 0 aromatic carbocycles. The average molecular weight is 1140 g/mol. The summed E-state index contributed by atoms with van der Waals surface area (Å²) in [5, 5.41) is 23.2. The van der Waals surface area contributed by atoms with Crippen molar-refractivity contribution in [2.45, 2.75) is 418 Å². The van der Waals surface area contributed by atoms with Gasteiger partial charge in [0.2, 0.25) is 5.91 Å². The number of amides is 1. The van der Waals surface area contributed by atoms with E-state index in [9.17, 15) is 19.8 Å². The van der Waals surface area contributed by atoms with Crippen molar-refractivity contribution in [3.8, 4) is 0 Å². The van der Waals surface area contributed by atoms with Gasteiger partial charge in [0.1, 0.15) is 0 Å². The molecule has 0 aromatic rings. The van der Waals surface area contributed by atoms with Gasteiger partial charge >= 0.3 is 5.97 Å². The molecule has 0 aliphatic rings. The number of aliphatic hydroxyl groups excluding tert-OH is 2. The van der Waals surface area contributed by atoms with Crippen LogP contribution in [-0.4, -0.2) is 47.4 Å². The van der Waals surface area contributed by atoms with Gasteiger partial charge in [-0.2, -0.15) is 0 Å². The highest BCUT2D eigenvalue weighted by atomic mass is 16.5. The van der Waals surface area contributed by atoms with E-state index in [1.165, 1.54) is 334 Å². The Balaban J connectivity index is 3.39.